The number of piperazine rings is 1. The Labute approximate surface area is 206 Å². The molecule has 2 aromatic carbocycles. The lowest BCUT2D eigenvalue weighted by atomic mass is 10.2. The zero-order valence-electron chi connectivity index (χ0n) is 18.7. The molecule has 1 fully saturated rings. The third-order valence-electron chi connectivity index (χ3n) is 5.53. The summed E-state index contributed by atoms with van der Waals surface area (Å²) in [7, 11) is -3.56. The van der Waals surface area contributed by atoms with Gasteiger partial charge >= 0.3 is 0 Å². The minimum atomic E-state index is -3.56. The number of benzene rings is 2. The van der Waals surface area contributed by atoms with Gasteiger partial charge in [0.1, 0.15) is 0 Å². The maximum absolute atomic E-state index is 12.7. The highest BCUT2D eigenvalue weighted by Gasteiger charge is 2.23. The summed E-state index contributed by atoms with van der Waals surface area (Å²) in [6, 6.07) is 14.9. The van der Waals surface area contributed by atoms with Gasteiger partial charge in [0.2, 0.25) is 15.9 Å². The largest absolute Gasteiger partial charge is 0.340 e. The summed E-state index contributed by atoms with van der Waals surface area (Å²) in [5.74, 6) is 0.0418. The second kappa shape index (κ2) is 11.9. The molecule has 1 amide bonds. The van der Waals surface area contributed by atoms with E-state index in [4.69, 9.17) is 23.2 Å². The number of anilines is 1. The zero-order valence-corrected chi connectivity index (χ0v) is 21.0. The van der Waals surface area contributed by atoms with Crippen LogP contribution in [0, 0.1) is 0 Å². The topological polar surface area (TPSA) is 60.9 Å². The standard InChI is InChI=1S/C24H29Cl2N3O3S/c1-33(31,32)29(23-19-21(25)11-12-22(23)26)14-6-10-24(30)28-17-15-27(16-18-28)13-5-9-20-7-3-2-4-8-20/h2-5,7-9,11-12,19H,6,10,13-18H2,1H3/b9-5+. The molecule has 0 spiro atoms. The zero-order chi connectivity index (χ0) is 23.8. The van der Waals surface area contributed by atoms with E-state index in [0.29, 0.717) is 35.2 Å². The molecule has 0 aliphatic carbocycles. The SMILES string of the molecule is CS(=O)(=O)N(CCCC(=O)N1CCN(C/C=C/c2ccccc2)CC1)c1cc(Cl)ccc1Cl. The molecule has 3 rings (SSSR count). The Morgan fingerprint density at radius 3 is 2.42 bits per heavy atom. The van der Waals surface area contributed by atoms with Gasteiger partial charge in [-0.2, -0.15) is 0 Å². The second-order valence-corrected chi connectivity index (χ2v) is 10.8. The van der Waals surface area contributed by atoms with Crippen LogP contribution < -0.4 is 4.31 Å². The lowest BCUT2D eigenvalue weighted by Crippen LogP contribution is -2.48. The van der Waals surface area contributed by atoms with Gasteiger partial charge in [-0.3, -0.25) is 14.0 Å². The molecule has 1 aliphatic heterocycles. The Bertz CT molecular complexity index is 1070. The maximum atomic E-state index is 12.7. The average Bonchev–Trinajstić information content (AvgIpc) is 2.79. The molecular weight excluding hydrogens is 481 g/mol. The van der Waals surface area contributed by atoms with Gasteiger partial charge in [0.25, 0.3) is 0 Å². The summed E-state index contributed by atoms with van der Waals surface area (Å²) in [6.07, 6.45) is 6.05. The van der Waals surface area contributed by atoms with Crippen molar-refractivity contribution in [2.45, 2.75) is 12.8 Å². The Morgan fingerprint density at radius 1 is 1.06 bits per heavy atom. The Hall–Kier alpha value is -2.06. The van der Waals surface area contributed by atoms with E-state index in [9.17, 15) is 13.2 Å². The number of rotatable bonds is 9. The first kappa shape index (κ1) is 25.6. The number of carbonyl (C=O) groups excluding carboxylic acids is 1. The second-order valence-electron chi connectivity index (χ2n) is 8.03. The lowest BCUT2D eigenvalue weighted by molar-refractivity contribution is -0.132. The van der Waals surface area contributed by atoms with Crippen molar-refractivity contribution >= 4 is 50.9 Å². The van der Waals surface area contributed by atoms with Gasteiger partial charge in [-0.05, 0) is 30.2 Å². The molecule has 0 N–H and O–H groups in total. The van der Waals surface area contributed by atoms with E-state index in [1.807, 2.05) is 23.1 Å². The molecule has 0 unspecified atom stereocenters. The summed E-state index contributed by atoms with van der Waals surface area (Å²) in [5.41, 5.74) is 1.50. The van der Waals surface area contributed by atoms with Crippen LogP contribution in [0.5, 0.6) is 0 Å². The lowest BCUT2D eigenvalue weighted by Gasteiger charge is -2.34. The fourth-order valence-corrected chi connectivity index (χ4v) is 5.16. The van der Waals surface area contributed by atoms with Gasteiger partial charge in [0, 0.05) is 50.7 Å². The average molecular weight is 510 g/mol. The first-order valence-electron chi connectivity index (χ1n) is 10.9. The minimum absolute atomic E-state index is 0.0418. The molecule has 0 aromatic heterocycles. The molecule has 0 bridgehead atoms. The number of hydrogen-bond acceptors (Lipinski definition) is 4. The predicted molar refractivity (Wildman–Crippen MR) is 136 cm³/mol. The Balaban J connectivity index is 1.46. The van der Waals surface area contributed by atoms with Gasteiger partial charge in [0.15, 0.2) is 0 Å². The first-order valence-corrected chi connectivity index (χ1v) is 13.5. The number of halogens is 2. The molecule has 1 heterocycles. The van der Waals surface area contributed by atoms with Gasteiger partial charge < -0.3 is 4.90 Å². The molecule has 1 saturated heterocycles. The fraction of sp³-hybridized carbons (Fsp3) is 0.375. The van der Waals surface area contributed by atoms with Crippen LogP contribution in [0.2, 0.25) is 10.0 Å². The van der Waals surface area contributed by atoms with Gasteiger partial charge in [-0.1, -0.05) is 65.7 Å². The molecule has 33 heavy (non-hydrogen) atoms. The molecule has 1 aliphatic rings. The third-order valence-corrected chi connectivity index (χ3v) is 7.26. The van der Waals surface area contributed by atoms with Crippen molar-refractivity contribution < 1.29 is 13.2 Å². The number of carbonyl (C=O) groups is 1. The summed E-state index contributed by atoms with van der Waals surface area (Å²) in [5, 5.41) is 0.698. The van der Waals surface area contributed by atoms with E-state index < -0.39 is 10.0 Å². The van der Waals surface area contributed by atoms with Crippen LogP contribution >= 0.6 is 23.2 Å². The van der Waals surface area contributed by atoms with Crippen molar-refractivity contribution in [3.63, 3.8) is 0 Å². The summed E-state index contributed by atoms with van der Waals surface area (Å²) < 4.78 is 25.8. The number of sulfonamides is 1. The smallest absolute Gasteiger partial charge is 0.232 e. The first-order chi connectivity index (χ1) is 15.7. The fourth-order valence-electron chi connectivity index (χ4n) is 3.76. The monoisotopic (exact) mass is 509 g/mol. The molecule has 0 radical (unpaired) electrons. The molecule has 0 atom stereocenters. The van der Waals surface area contributed by atoms with Crippen molar-refractivity contribution in [3.8, 4) is 0 Å². The molecule has 0 saturated carbocycles. The Morgan fingerprint density at radius 2 is 1.76 bits per heavy atom. The summed E-state index contributed by atoms with van der Waals surface area (Å²) in [4.78, 5) is 16.8. The van der Waals surface area contributed by atoms with Crippen molar-refractivity contribution in [1.82, 2.24) is 9.80 Å². The molecule has 2 aromatic rings. The quantitative estimate of drug-likeness (QED) is 0.502. The van der Waals surface area contributed by atoms with E-state index >= 15 is 0 Å². The maximum Gasteiger partial charge on any atom is 0.232 e. The highest BCUT2D eigenvalue weighted by atomic mass is 35.5. The summed E-state index contributed by atoms with van der Waals surface area (Å²) in [6.45, 7) is 3.99. The van der Waals surface area contributed by atoms with Crippen molar-refractivity contribution in [2.24, 2.45) is 0 Å². The van der Waals surface area contributed by atoms with Gasteiger partial charge in [-0.15, -0.1) is 0 Å². The van der Waals surface area contributed by atoms with Gasteiger partial charge in [0.05, 0.1) is 17.0 Å². The van der Waals surface area contributed by atoms with Crippen LogP contribution in [0.3, 0.4) is 0 Å². The van der Waals surface area contributed by atoms with Crippen LogP contribution in [0.4, 0.5) is 5.69 Å². The van der Waals surface area contributed by atoms with Gasteiger partial charge in [-0.25, -0.2) is 8.42 Å². The van der Waals surface area contributed by atoms with E-state index in [2.05, 4.69) is 29.2 Å². The third kappa shape index (κ3) is 7.74. The highest BCUT2D eigenvalue weighted by Crippen LogP contribution is 2.31. The van der Waals surface area contributed by atoms with Crippen LogP contribution in [0.15, 0.2) is 54.6 Å². The van der Waals surface area contributed by atoms with E-state index in [1.165, 1.54) is 15.9 Å². The van der Waals surface area contributed by atoms with Crippen molar-refractivity contribution in [2.75, 3.05) is 49.8 Å². The molecule has 9 heteroatoms. The summed E-state index contributed by atoms with van der Waals surface area (Å²) >= 11 is 12.2. The van der Waals surface area contributed by atoms with Crippen LogP contribution in [0.25, 0.3) is 6.08 Å². The highest BCUT2D eigenvalue weighted by molar-refractivity contribution is 7.92. The molecular formula is C24H29Cl2N3O3S. The Kier molecular flexibility index (Phi) is 9.20. The van der Waals surface area contributed by atoms with E-state index in [1.54, 1.807) is 12.1 Å². The minimum Gasteiger partial charge on any atom is -0.340 e. The molecule has 6 nitrogen and oxygen atoms in total. The predicted octanol–water partition coefficient (Wildman–Crippen LogP) is 4.40. The number of nitrogens with zero attached hydrogens (tertiary/aromatic N) is 3. The van der Waals surface area contributed by atoms with Crippen molar-refractivity contribution in [3.05, 3.63) is 70.2 Å². The van der Waals surface area contributed by atoms with Crippen LogP contribution in [0.1, 0.15) is 18.4 Å². The van der Waals surface area contributed by atoms with E-state index in [0.717, 1.165) is 25.9 Å². The number of hydrogen-bond donors (Lipinski definition) is 0. The van der Waals surface area contributed by atoms with E-state index in [-0.39, 0.29) is 18.9 Å². The van der Waals surface area contributed by atoms with Crippen LogP contribution in [-0.2, 0) is 14.8 Å². The number of amides is 1. The van der Waals surface area contributed by atoms with Crippen LogP contribution in [-0.4, -0.2) is 69.6 Å². The van der Waals surface area contributed by atoms with Crippen molar-refractivity contribution in [1.29, 1.82) is 0 Å². The normalized spacial score (nSPS) is 15.2. The molecule has 178 valence electrons.